The minimum atomic E-state index is -4.15. The third kappa shape index (κ3) is 1.95. The standard InChI is InChI=1S/C2H4F2O2S2/c1-7-8(5,6)2(3)4/h2H,1H3. The van der Waals surface area contributed by atoms with Crippen LogP contribution in [0.4, 0.5) is 8.78 Å². The van der Waals surface area contributed by atoms with Crippen molar-refractivity contribution in [1.82, 2.24) is 0 Å². The zero-order chi connectivity index (χ0) is 6.78. The summed E-state index contributed by atoms with van der Waals surface area (Å²) in [5.41, 5.74) is 0. The maximum atomic E-state index is 11.2. The molecule has 0 amide bonds. The molecule has 0 fully saturated rings. The smallest absolute Gasteiger partial charge is 0.211 e. The molecule has 50 valence electrons. The van der Waals surface area contributed by atoms with Crippen molar-refractivity contribution in [2.75, 3.05) is 6.26 Å². The van der Waals surface area contributed by atoms with E-state index >= 15 is 0 Å². The lowest BCUT2D eigenvalue weighted by molar-refractivity contribution is 0.238. The Morgan fingerprint density at radius 2 is 1.88 bits per heavy atom. The van der Waals surface area contributed by atoms with E-state index in [2.05, 4.69) is 0 Å². The fourth-order valence-electron chi connectivity index (χ4n) is 0.0727. The number of rotatable bonds is 2. The SMILES string of the molecule is CSS(=O)(=O)C(F)F. The molecule has 0 aliphatic rings. The van der Waals surface area contributed by atoms with Gasteiger partial charge >= 0.3 is 5.76 Å². The summed E-state index contributed by atoms with van der Waals surface area (Å²) in [5, 5.41) is 0. The maximum absolute atomic E-state index is 11.2. The first-order valence-electron chi connectivity index (χ1n) is 1.58. The number of hydrogen-bond acceptors (Lipinski definition) is 3. The average Bonchev–Trinajstić information content (AvgIpc) is 1.67. The van der Waals surface area contributed by atoms with Crippen LogP contribution in [0.2, 0.25) is 0 Å². The first-order valence-corrected chi connectivity index (χ1v) is 4.87. The van der Waals surface area contributed by atoms with Crippen LogP contribution >= 0.6 is 10.8 Å². The van der Waals surface area contributed by atoms with Gasteiger partial charge in [-0.15, -0.1) is 0 Å². The Hall–Kier alpha value is 0.160. The zero-order valence-electron chi connectivity index (χ0n) is 3.97. The summed E-state index contributed by atoms with van der Waals surface area (Å²) in [5.74, 6) is -3.25. The molecule has 0 aromatic carbocycles. The summed E-state index contributed by atoms with van der Waals surface area (Å²) in [6, 6.07) is 0. The molecule has 0 aromatic rings. The molecule has 0 aliphatic carbocycles. The summed E-state index contributed by atoms with van der Waals surface area (Å²) in [4.78, 5) is 0. The van der Waals surface area contributed by atoms with E-state index in [-0.39, 0.29) is 10.8 Å². The second kappa shape index (κ2) is 2.63. The number of hydrogen-bond donors (Lipinski definition) is 0. The van der Waals surface area contributed by atoms with Crippen LogP contribution in [0.3, 0.4) is 0 Å². The van der Waals surface area contributed by atoms with Gasteiger partial charge in [0.05, 0.1) is 0 Å². The van der Waals surface area contributed by atoms with Crippen molar-refractivity contribution in [3.8, 4) is 0 Å². The lowest BCUT2D eigenvalue weighted by Crippen LogP contribution is -2.04. The van der Waals surface area contributed by atoms with Crippen LogP contribution in [0.15, 0.2) is 0 Å². The Morgan fingerprint density at radius 3 is 1.88 bits per heavy atom. The molecule has 0 rings (SSSR count). The molecule has 2 nitrogen and oxygen atoms in total. The van der Waals surface area contributed by atoms with Gasteiger partial charge in [0.15, 0.2) is 0 Å². The highest BCUT2D eigenvalue weighted by molar-refractivity contribution is 8.71. The molecule has 0 atom stereocenters. The molecule has 0 radical (unpaired) electrons. The lowest BCUT2D eigenvalue weighted by atomic mass is 11.7. The molecular formula is C2H4F2O2S2. The van der Waals surface area contributed by atoms with E-state index in [1.165, 1.54) is 0 Å². The molecule has 0 aromatic heterocycles. The monoisotopic (exact) mass is 162 g/mol. The van der Waals surface area contributed by atoms with Crippen LogP contribution in [-0.2, 0) is 8.87 Å². The average molecular weight is 162 g/mol. The molecule has 0 N–H and O–H groups in total. The van der Waals surface area contributed by atoms with Gasteiger partial charge in [0.25, 0.3) is 8.87 Å². The van der Waals surface area contributed by atoms with Gasteiger partial charge in [-0.25, -0.2) is 8.42 Å². The molecule has 0 saturated carbocycles. The zero-order valence-corrected chi connectivity index (χ0v) is 5.60. The van der Waals surface area contributed by atoms with E-state index in [1.54, 1.807) is 0 Å². The largest absolute Gasteiger partial charge is 0.346 e. The van der Waals surface area contributed by atoms with Gasteiger partial charge in [-0.05, 0) is 17.0 Å². The van der Waals surface area contributed by atoms with Crippen molar-refractivity contribution in [2.24, 2.45) is 0 Å². The first-order chi connectivity index (χ1) is 3.50. The Labute approximate surface area is 49.6 Å². The van der Waals surface area contributed by atoms with Crippen molar-refractivity contribution >= 4 is 19.7 Å². The van der Waals surface area contributed by atoms with Crippen molar-refractivity contribution in [3.05, 3.63) is 0 Å². The van der Waals surface area contributed by atoms with Gasteiger partial charge in [0.2, 0.25) is 0 Å². The van der Waals surface area contributed by atoms with Crippen molar-refractivity contribution in [1.29, 1.82) is 0 Å². The van der Waals surface area contributed by atoms with E-state index in [1.807, 2.05) is 0 Å². The third-order valence-electron chi connectivity index (χ3n) is 0.451. The van der Waals surface area contributed by atoms with Gasteiger partial charge in [0, 0.05) is 0 Å². The van der Waals surface area contributed by atoms with Crippen LogP contribution in [-0.4, -0.2) is 20.4 Å². The van der Waals surface area contributed by atoms with Crippen molar-refractivity contribution < 1.29 is 17.2 Å². The van der Waals surface area contributed by atoms with Crippen molar-refractivity contribution in [3.63, 3.8) is 0 Å². The molecule has 0 spiro atoms. The van der Waals surface area contributed by atoms with E-state index in [0.717, 1.165) is 6.26 Å². The lowest BCUT2D eigenvalue weighted by Gasteiger charge is -1.93. The van der Waals surface area contributed by atoms with E-state index in [0.29, 0.717) is 0 Å². The Bertz CT molecular complexity index is 149. The fourth-order valence-corrected chi connectivity index (χ4v) is 0.655. The quantitative estimate of drug-likeness (QED) is 0.566. The Balaban J connectivity index is 4.17. The van der Waals surface area contributed by atoms with E-state index < -0.39 is 14.6 Å². The number of alkyl halides is 2. The maximum Gasteiger partial charge on any atom is 0.346 e. The van der Waals surface area contributed by atoms with E-state index in [4.69, 9.17) is 0 Å². The van der Waals surface area contributed by atoms with Gasteiger partial charge in [-0.3, -0.25) is 0 Å². The second-order valence-electron chi connectivity index (χ2n) is 0.920. The van der Waals surface area contributed by atoms with Crippen LogP contribution in [0.25, 0.3) is 0 Å². The molecule has 8 heavy (non-hydrogen) atoms. The normalized spacial score (nSPS) is 12.5. The summed E-state index contributed by atoms with van der Waals surface area (Å²) in [6.45, 7) is 0. The molecule has 0 heterocycles. The van der Waals surface area contributed by atoms with Gasteiger partial charge in [-0.1, -0.05) is 0 Å². The minimum Gasteiger partial charge on any atom is -0.211 e. The van der Waals surface area contributed by atoms with Crippen LogP contribution in [0, 0.1) is 0 Å². The van der Waals surface area contributed by atoms with Gasteiger partial charge in [0.1, 0.15) is 0 Å². The van der Waals surface area contributed by atoms with Gasteiger partial charge in [-0.2, -0.15) is 8.78 Å². The van der Waals surface area contributed by atoms with Crippen LogP contribution in [0.1, 0.15) is 0 Å². The molecule has 6 heteroatoms. The van der Waals surface area contributed by atoms with Crippen LogP contribution < -0.4 is 0 Å². The topological polar surface area (TPSA) is 34.1 Å². The third-order valence-corrected chi connectivity index (χ3v) is 3.18. The van der Waals surface area contributed by atoms with Crippen LogP contribution in [0.5, 0.6) is 0 Å². The Kier molecular flexibility index (Phi) is 2.68. The minimum absolute atomic E-state index is 0.157. The molecule has 0 bridgehead atoms. The highest BCUT2D eigenvalue weighted by atomic mass is 33.1. The number of halogens is 2. The summed E-state index contributed by atoms with van der Waals surface area (Å²) in [6.07, 6.45) is 1.10. The highest BCUT2D eigenvalue weighted by Crippen LogP contribution is 2.16. The fraction of sp³-hybridized carbons (Fsp3) is 1.00. The molecule has 0 aliphatic heterocycles. The molecular weight excluding hydrogens is 158 g/mol. The Morgan fingerprint density at radius 1 is 1.50 bits per heavy atom. The van der Waals surface area contributed by atoms with Gasteiger partial charge < -0.3 is 0 Å². The predicted molar refractivity (Wildman–Crippen MR) is 28.4 cm³/mol. The first kappa shape index (κ1) is 8.16. The summed E-state index contributed by atoms with van der Waals surface area (Å²) < 4.78 is 42.2. The molecule has 0 saturated heterocycles. The van der Waals surface area contributed by atoms with E-state index in [9.17, 15) is 17.2 Å². The summed E-state index contributed by atoms with van der Waals surface area (Å²) >= 11 is 0. The highest BCUT2D eigenvalue weighted by Gasteiger charge is 2.21. The predicted octanol–water partition coefficient (Wildman–Crippen LogP) is 0.902. The molecule has 0 unspecified atom stereocenters. The second-order valence-corrected chi connectivity index (χ2v) is 4.99. The summed E-state index contributed by atoms with van der Waals surface area (Å²) in [7, 11) is -4.00. The van der Waals surface area contributed by atoms with Crippen molar-refractivity contribution in [2.45, 2.75) is 5.76 Å².